The number of esters is 2. The van der Waals surface area contributed by atoms with Crippen LogP contribution in [0.5, 0.6) is 0 Å². The van der Waals surface area contributed by atoms with E-state index in [1.165, 1.54) is 6.92 Å². The second kappa shape index (κ2) is 7.67. The zero-order valence-corrected chi connectivity index (χ0v) is 9.39. The zero-order valence-electron chi connectivity index (χ0n) is 9.39. The van der Waals surface area contributed by atoms with Crippen molar-refractivity contribution in [3.8, 4) is 0 Å². The van der Waals surface area contributed by atoms with Crippen molar-refractivity contribution in [2.24, 2.45) is 5.92 Å². The summed E-state index contributed by atoms with van der Waals surface area (Å²) in [6.45, 7) is 1.54. The average Bonchev–Trinajstić information content (AvgIpc) is 2.21. The van der Waals surface area contributed by atoms with E-state index in [-0.39, 0.29) is 19.0 Å². The molecule has 1 atom stereocenters. The third-order valence-corrected chi connectivity index (χ3v) is 1.98. The van der Waals surface area contributed by atoms with Crippen LogP contribution in [0.2, 0.25) is 0 Å². The quantitative estimate of drug-likeness (QED) is 0.392. The first-order valence-electron chi connectivity index (χ1n) is 4.93. The number of carboxylic acids is 1. The molecular weight excluding hydrogens is 216 g/mol. The first-order chi connectivity index (χ1) is 7.49. The summed E-state index contributed by atoms with van der Waals surface area (Å²) in [5.74, 6) is -3.45. The Bertz CT molecular complexity index is 260. The molecule has 0 aliphatic heterocycles. The Hall–Kier alpha value is -1.59. The summed E-state index contributed by atoms with van der Waals surface area (Å²) >= 11 is 0. The van der Waals surface area contributed by atoms with Gasteiger partial charge >= 0.3 is 17.9 Å². The van der Waals surface area contributed by atoms with Crippen molar-refractivity contribution in [1.82, 2.24) is 0 Å². The number of hydrogen-bond acceptors (Lipinski definition) is 5. The van der Waals surface area contributed by atoms with Crippen LogP contribution in [0.1, 0.15) is 26.2 Å². The summed E-state index contributed by atoms with van der Waals surface area (Å²) < 4.78 is 9.03. The van der Waals surface area contributed by atoms with Crippen LogP contribution < -0.4 is 0 Å². The van der Waals surface area contributed by atoms with E-state index >= 15 is 0 Å². The molecule has 0 radical (unpaired) electrons. The van der Waals surface area contributed by atoms with Crippen LogP contribution in [0.4, 0.5) is 0 Å². The molecule has 0 aromatic rings. The molecule has 0 spiro atoms. The zero-order chi connectivity index (χ0) is 12.6. The van der Waals surface area contributed by atoms with Gasteiger partial charge in [0, 0.05) is 6.92 Å². The third-order valence-electron chi connectivity index (χ3n) is 1.98. The Morgan fingerprint density at radius 3 is 2.31 bits per heavy atom. The first kappa shape index (κ1) is 14.4. The van der Waals surface area contributed by atoms with Crippen LogP contribution in [0.25, 0.3) is 0 Å². The van der Waals surface area contributed by atoms with E-state index in [1.807, 2.05) is 0 Å². The molecule has 0 fully saturated rings. The Kier molecular flexibility index (Phi) is 6.91. The van der Waals surface area contributed by atoms with Gasteiger partial charge in [-0.05, 0) is 19.3 Å². The van der Waals surface area contributed by atoms with Gasteiger partial charge in [-0.25, -0.2) is 0 Å². The smallest absolute Gasteiger partial charge is 0.320 e. The van der Waals surface area contributed by atoms with Gasteiger partial charge in [0.15, 0.2) is 5.92 Å². The van der Waals surface area contributed by atoms with Gasteiger partial charge in [-0.15, -0.1) is 0 Å². The van der Waals surface area contributed by atoms with Gasteiger partial charge in [-0.3, -0.25) is 14.4 Å². The lowest BCUT2D eigenvalue weighted by atomic mass is 10.0. The molecule has 1 unspecified atom stereocenters. The Labute approximate surface area is 93.5 Å². The summed E-state index contributed by atoms with van der Waals surface area (Å²) in [5.41, 5.74) is 0. The fourth-order valence-corrected chi connectivity index (χ4v) is 1.15. The maximum absolute atomic E-state index is 11.0. The van der Waals surface area contributed by atoms with Gasteiger partial charge in [0.2, 0.25) is 0 Å². The molecule has 0 aliphatic rings. The standard InChI is InChI=1S/C10H16O6/c1-7(11)16-6-4-3-5-8(9(12)13)10(14)15-2/h8H,3-6H2,1-2H3,(H,12,13). The van der Waals surface area contributed by atoms with E-state index in [2.05, 4.69) is 9.47 Å². The van der Waals surface area contributed by atoms with Gasteiger partial charge < -0.3 is 14.6 Å². The fourth-order valence-electron chi connectivity index (χ4n) is 1.15. The van der Waals surface area contributed by atoms with E-state index in [9.17, 15) is 14.4 Å². The van der Waals surface area contributed by atoms with Crippen molar-refractivity contribution < 1.29 is 29.0 Å². The number of ether oxygens (including phenoxy) is 2. The number of rotatable bonds is 7. The molecule has 16 heavy (non-hydrogen) atoms. The topological polar surface area (TPSA) is 89.9 Å². The molecule has 0 amide bonds. The lowest BCUT2D eigenvalue weighted by molar-refractivity contribution is -0.157. The van der Waals surface area contributed by atoms with Crippen molar-refractivity contribution >= 4 is 17.9 Å². The molecule has 0 aromatic carbocycles. The average molecular weight is 232 g/mol. The molecule has 0 rings (SSSR count). The van der Waals surface area contributed by atoms with Crippen LogP contribution in [0.15, 0.2) is 0 Å². The van der Waals surface area contributed by atoms with Crippen molar-refractivity contribution in [1.29, 1.82) is 0 Å². The molecule has 6 heteroatoms. The molecule has 0 saturated heterocycles. The Morgan fingerprint density at radius 1 is 1.25 bits per heavy atom. The monoisotopic (exact) mass is 232 g/mol. The minimum absolute atomic E-state index is 0.184. The highest BCUT2D eigenvalue weighted by Gasteiger charge is 2.26. The van der Waals surface area contributed by atoms with Crippen molar-refractivity contribution in [3.63, 3.8) is 0 Å². The molecule has 0 saturated carbocycles. The maximum Gasteiger partial charge on any atom is 0.320 e. The minimum Gasteiger partial charge on any atom is -0.481 e. The molecule has 0 heterocycles. The predicted octanol–water partition coefficient (Wildman–Crippen LogP) is 0.594. The van der Waals surface area contributed by atoms with Crippen molar-refractivity contribution in [3.05, 3.63) is 0 Å². The number of carboxylic acid groups (broad SMARTS) is 1. The van der Waals surface area contributed by atoms with Crippen LogP contribution in [-0.4, -0.2) is 36.7 Å². The highest BCUT2D eigenvalue weighted by molar-refractivity contribution is 5.93. The van der Waals surface area contributed by atoms with Gasteiger partial charge in [0.25, 0.3) is 0 Å². The number of hydrogen-bond donors (Lipinski definition) is 1. The van der Waals surface area contributed by atoms with Crippen molar-refractivity contribution in [2.75, 3.05) is 13.7 Å². The number of aliphatic carboxylic acids is 1. The lowest BCUT2D eigenvalue weighted by Gasteiger charge is -2.09. The molecule has 0 aliphatic carbocycles. The van der Waals surface area contributed by atoms with Gasteiger partial charge in [0.1, 0.15) is 0 Å². The number of carbonyl (C=O) groups is 3. The largest absolute Gasteiger partial charge is 0.481 e. The second-order valence-electron chi connectivity index (χ2n) is 3.25. The third kappa shape index (κ3) is 6.00. The SMILES string of the molecule is COC(=O)C(CCCCOC(C)=O)C(=O)O. The molecule has 92 valence electrons. The number of methoxy groups -OCH3 is 1. The summed E-state index contributed by atoms with van der Waals surface area (Å²) in [7, 11) is 1.15. The Balaban J connectivity index is 3.82. The molecule has 0 bridgehead atoms. The van der Waals surface area contributed by atoms with E-state index in [0.717, 1.165) is 7.11 Å². The summed E-state index contributed by atoms with van der Waals surface area (Å²) in [4.78, 5) is 32.1. The molecule has 0 aromatic heterocycles. The summed E-state index contributed by atoms with van der Waals surface area (Å²) in [5, 5.41) is 8.73. The minimum atomic E-state index is -1.20. The molecule has 6 nitrogen and oxygen atoms in total. The van der Waals surface area contributed by atoms with Crippen LogP contribution in [0.3, 0.4) is 0 Å². The fraction of sp³-hybridized carbons (Fsp3) is 0.700. The maximum atomic E-state index is 11.0. The second-order valence-corrected chi connectivity index (χ2v) is 3.25. The van der Waals surface area contributed by atoms with Crippen LogP contribution in [-0.2, 0) is 23.9 Å². The van der Waals surface area contributed by atoms with E-state index in [1.54, 1.807) is 0 Å². The van der Waals surface area contributed by atoms with Crippen molar-refractivity contribution in [2.45, 2.75) is 26.2 Å². The van der Waals surface area contributed by atoms with Gasteiger partial charge in [-0.1, -0.05) is 0 Å². The summed E-state index contributed by atoms with van der Waals surface area (Å²) in [6, 6.07) is 0. The van der Waals surface area contributed by atoms with Crippen LogP contribution >= 0.6 is 0 Å². The summed E-state index contributed by atoms with van der Waals surface area (Å²) in [6.07, 6.45) is 1.20. The highest BCUT2D eigenvalue weighted by Crippen LogP contribution is 2.10. The molecular formula is C10H16O6. The number of unbranched alkanes of at least 4 members (excludes halogenated alkanes) is 1. The van der Waals surface area contributed by atoms with E-state index in [0.29, 0.717) is 12.8 Å². The normalized spacial score (nSPS) is 11.6. The number of carbonyl (C=O) groups excluding carboxylic acids is 2. The first-order valence-corrected chi connectivity index (χ1v) is 4.93. The van der Waals surface area contributed by atoms with Crippen LogP contribution in [0, 0.1) is 5.92 Å². The molecule has 1 N–H and O–H groups in total. The predicted molar refractivity (Wildman–Crippen MR) is 53.6 cm³/mol. The van der Waals surface area contributed by atoms with E-state index < -0.39 is 17.9 Å². The van der Waals surface area contributed by atoms with Gasteiger partial charge in [-0.2, -0.15) is 0 Å². The lowest BCUT2D eigenvalue weighted by Crippen LogP contribution is -2.25. The highest BCUT2D eigenvalue weighted by atomic mass is 16.5. The van der Waals surface area contributed by atoms with Gasteiger partial charge in [0.05, 0.1) is 13.7 Å². The Morgan fingerprint density at radius 2 is 1.88 bits per heavy atom. The van der Waals surface area contributed by atoms with E-state index in [4.69, 9.17) is 5.11 Å².